The predicted molar refractivity (Wildman–Crippen MR) is 86.1 cm³/mol. The van der Waals surface area contributed by atoms with Crippen LogP contribution in [0.1, 0.15) is 30.1 Å². The van der Waals surface area contributed by atoms with Crippen molar-refractivity contribution in [3.05, 3.63) is 28.2 Å². The molecular formula is C14H19BrN2O4S. The number of halogens is 1. The topological polar surface area (TPSA) is 89.7 Å². The summed E-state index contributed by atoms with van der Waals surface area (Å²) in [6.45, 7) is 2.81. The monoisotopic (exact) mass is 390 g/mol. The standard InChI is InChI=1S/C14H19BrN2O4S/c1-2-21-14(18)10-3-4-13(12(15)9-10)22(19,20)17-7-5-11(16)6-8-17/h3-4,9,11H,2,5-8,16H2,1H3. The van der Waals surface area contributed by atoms with Gasteiger partial charge in [0.25, 0.3) is 0 Å². The number of benzene rings is 1. The van der Waals surface area contributed by atoms with E-state index in [1.807, 2.05) is 0 Å². The first-order valence-electron chi connectivity index (χ1n) is 7.08. The van der Waals surface area contributed by atoms with E-state index in [0.29, 0.717) is 36.0 Å². The minimum atomic E-state index is -3.59. The Kier molecular flexibility index (Phi) is 5.60. The van der Waals surface area contributed by atoms with Crippen LogP contribution in [0.25, 0.3) is 0 Å². The molecule has 1 aliphatic rings. The maximum atomic E-state index is 12.7. The largest absolute Gasteiger partial charge is 0.462 e. The Labute approximate surface area is 138 Å². The van der Waals surface area contributed by atoms with Crippen LogP contribution in [-0.4, -0.2) is 44.4 Å². The maximum Gasteiger partial charge on any atom is 0.338 e. The minimum absolute atomic E-state index is 0.0566. The zero-order valence-electron chi connectivity index (χ0n) is 12.3. The molecule has 1 fully saturated rings. The molecule has 1 aromatic rings. The zero-order chi connectivity index (χ0) is 16.3. The number of nitrogens with two attached hydrogens (primary N) is 1. The van der Waals surface area contributed by atoms with Gasteiger partial charge in [0.1, 0.15) is 0 Å². The highest BCUT2D eigenvalue weighted by molar-refractivity contribution is 9.10. The van der Waals surface area contributed by atoms with Crippen LogP contribution in [-0.2, 0) is 14.8 Å². The molecule has 0 saturated carbocycles. The van der Waals surface area contributed by atoms with E-state index < -0.39 is 16.0 Å². The molecule has 0 bridgehead atoms. The highest BCUT2D eigenvalue weighted by Crippen LogP contribution is 2.28. The third kappa shape index (κ3) is 3.68. The van der Waals surface area contributed by atoms with Crippen molar-refractivity contribution >= 4 is 31.9 Å². The third-order valence-electron chi connectivity index (χ3n) is 3.56. The van der Waals surface area contributed by atoms with Crippen molar-refractivity contribution in [1.82, 2.24) is 4.31 Å². The molecule has 0 aromatic heterocycles. The molecule has 0 aliphatic carbocycles. The van der Waals surface area contributed by atoms with E-state index in [4.69, 9.17) is 10.5 Å². The smallest absolute Gasteiger partial charge is 0.338 e. The van der Waals surface area contributed by atoms with Crippen LogP contribution in [0.3, 0.4) is 0 Å². The van der Waals surface area contributed by atoms with E-state index >= 15 is 0 Å². The van der Waals surface area contributed by atoms with Crippen molar-refractivity contribution in [3.8, 4) is 0 Å². The van der Waals surface area contributed by atoms with Crippen LogP contribution < -0.4 is 5.73 Å². The molecule has 0 amide bonds. The Bertz CT molecular complexity index is 655. The number of sulfonamides is 1. The first-order valence-corrected chi connectivity index (χ1v) is 9.32. The lowest BCUT2D eigenvalue weighted by Gasteiger charge is -2.29. The molecule has 122 valence electrons. The van der Waals surface area contributed by atoms with Crippen LogP contribution in [0.4, 0.5) is 0 Å². The van der Waals surface area contributed by atoms with Crippen molar-refractivity contribution in [3.63, 3.8) is 0 Å². The van der Waals surface area contributed by atoms with Gasteiger partial charge in [-0.05, 0) is 53.9 Å². The van der Waals surface area contributed by atoms with Gasteiger partial charge in [-0.25, -0.2) is 13.2 Å². The minimum Gasteiger partial charge on any atom is -0.462 e. The molecule has 1 aliphatic heterocycles. The average Bonchev–Trinajstić information content (AvgIpc) is 2.47. The SMILES string of the molecule is CCOC(=O)c1ccc(S(=O)(=O)N2CCC(N)CC2)c(Br)c1. The molecule has 0 radical (unpaired) electrons. The Morgan fingerprint density at radius 3 is 2.59 bits per heavy atom. The van der Waals surface area contributed by atoms with E-state index in [1.54, 1.807) is 6.92 Å². The van der Waals surface area contributed by atoms with Crippen LogP contribution in [0, 0.1) is 0 Å². The van der Waals surface area contributed by atoms with Crippen LogP contribution in [0.5, 0.6) is 0 Å². The lowest BCUT2D eigenvalue weighted by molar-refractivity contribution is 0.0526. The van der Waals surface area contributed by atoms with Gasteiger partial charge in [0.2, 0.25) is 10.0 Å². The molecule has 22 heavy (non-hydrogen) atoms. The number of hydrogen-bond acceptors (Lipinski definition) is 5. The predicted octanol–water partition coefficient (Wildman–Crippen LogP) is 1.74. The highest BCUT2D eigenvalue weighted by Gasteiger charge is 2.30. The van der Waals surface area contributed by atoms with Gasteiger partial charge in [-0.1, -0.05) is 0 Å². The van der Waals surface area contributed by atoms with Gasteiger partial charge in [0, 0.05) is 23.6 Å². The second kappa shape index (κ2) is 7.08. The van der Waals surface area contributed by atoms with Crippen molar-refractivity contribution in [1.29, 1.82) is 0 Å². The Hall–Kier alpha value is -0.960. The lowest BCUT2D eigenvalue weighted by atomic mass is 10.1. The Morgan fingerprint density at radius 1 is 1.41 bits per heavy atom. The van der Waals surface area contributed by atoms with Gasteiger partial charge in [0.05, 0.1) is 17.1 Å². The molecule has 2 rings (SSSR count). The molecule has 1 aromatic carbocycles. The number of nitrogens with zero attached hydrogens (tertiary/aromatic N) is 1. The summed E-state index contributed by atoms with van der Waals surface area (Å²) in [5.41, 5.74) is 6.12. The summed E-state index contributed by atoms with van der Waals surface area (Å²) in [5.74, 6) is -0.476. The van der Waals surface area contributed by atoms with Crippen molar-refractivity contribution in [2.24, 2.45) is 5.73 Å². The fourth-order valence-corrected chi connectivity index (χ4v) is 4.81. The van der Waals surface area contributed by atoms with E-state index in [0.717, 1.165) is 0 Å². The van der Waals surface area contributed by atoms with Gasteiger partial charge < -0.3 is 10.5 Å². The Morgan fingerprint density at radius 2 is 2.05 bits per heavy atom. The van der Waals surface area contributed by atoms with Gasteiger partial charge in [-0.2, -0.15) is 4.31 Å². The second-order valence-electron chi connectivity index (χ2n) is 5.11. The molecule has 1 heterocycles. The molecule has 1 saturated heterocycles. The molecular weight excluding hydrogens is 372 g/mol. The van der Waals surface area contributed by atoms with E-state index in [-0.39, 0.29) is 17.5 Å². The summed E-state index contributed by atoms with van der Waals surface area (Å²) in [4.78, 5) is 11.8. The van der Waals surface area contributed by atoms with Crippen molar-refractivity contribution < 1.29 is 17.9 Å². The van der Waals surface area contributed by atoms with Gasteiger partial charge in [0.15, 0.2) is 0 Å². The normalized spacial score (nSPS) is 17.4. The maximum absolute atomic E-state index is 12.7. The number of hydrogen-bond donors (Lipinski definition) is 1. The van der Waals surface area contributed by atoms with Crippen LogP contribution in [0.2, 0.25) is 0 Å². The fourth-order valence-electron chi connectivity index (χ4n) is 2.31. The lowest BCUT2D eigenvalue weighted by Crippen LogP contribution is -2.42. The number of piperidine rings is 1. The Balaban J connectivity index is 2.26. The summed E-state index contributed by atoms with van der Waals surface area (Å²) in [6, 6.07) is 4.42. The molecule has 8 heteroatoms. The average molecular weight is 391 g/mol. The van der Waals surface area contributed by atoms with E-state index in [1.165, 1.54) is 22.5 Å². The number of ether oxygens (including phenoxy) is 1. The van der Waals surface area contributed by atoms with Crippen molar-refractivity contribution in [2.45, 2.75) is 30.7 Å². The van der Waals surface area contributed by atoms with Gasteiger partial charge in [-0.3, -0.25) is 0 Å². The molecule has 0 unspecified atom stereocenters. The summed E-state index contributed by atoms with van der Waals surface area (Å²) in [7, 11) is -3.59. The first kappa shape index (κ1) is 17.4. The third-order valence-corrected chi connectivity index (χ3v) is 6.43. The van der Waals surface area contributed by atoms with Gasteiger partial charge in [-0.15, -0.1) is 0 Å². The molecule has 0 spiro atoms. The molecule has 2 N–H and O–H groups in total. The highest BCUT2D eigenvalue weighted by atomic mass is 79.9. The number of rotatable bonds is 4. The molecule has 6 nitrogen and oxygen atoms in total. The number of carbonyl (C=O) groups is 1. The fraction of sp³-hybridized carbons (Fsp3) is 0.500. The number of esters is 1. The van der Waals surface area contributed by atoms with Crippen LogP contribution >= 0.6 is 15.9 Å². The summed E-state index contributed by atoms with van der Waals surface area (Å²) in [6.07, 6.45) is 1.30. The van der Waals surface area contributed by atoms with Gasteiger partial charge >= 0.3 is 5.97 Å². The van der Waals surface area contributed by atoms with Crippen molar-refractivity contribution in [2.75, 3.05) is 19.7 Å². The number of carbonyl (C=O) groups excluding carboxylic acids is 1. The first-order chi connectivity index (χ1) is 10.4. The summed E-state index contributed by atoms with van der Waals surface area (Å²) >= 11 is 3.24. The summed E-state index contributed by atoms with van der Waals surface area (Å²) < 4.78 is 32.0. The zero-order valence-corrected chi connectivity index (χ0v) is 14.7. The van der Waals surface area contributed by atoms with E-state index in [2.05, 4.69) is 15.9 Å². The molecule has 0 atom stereocenters. The summed E-state index contributed by atoms with van der Waals surface area (Å²) in [5, 5.41) is 0. The van der Waals surface area contributed by atoms with Crippen LogP contribution in [0.15, 0.2) is 27.6 Å². The second-order valence-corrected chi connectivity index (χ2v) is 7.87. The quantitative estimate of drug-likeness (QED) is 0.790. The van der Waals surface area contributed by atoms with E-state index in [9.17, 15) is 13.2 Å².